The molecule has 1 amide bonds. The maximum Gasteiger partial charge on any atom is 0.408 e. The van der Waals surface area contributed by atoms with Crippen LogP contribution in [0.2, 0.25) is 0 Å². The predicted octanol–water partition coefficient (Wildman–Crippen LogP) is 3.11. The summed E-state index contributed by atoms with van der Waals surface area (Å²) in [5.74, 6) is -0.0675. The molecule has 0 aromatic heterocycles. The average Bonchev–Trinajstić information content (AvgIpc) is 2.52. The molecule has 120 valence electrons. The molecule has 22 heavy (non-hydrogen) atoms. The first kappa shape index (κ1) is 18.1. The van der Waals surface area contributed by atoms with Gasteiger partial charge in [-0.1, -0.05) is 36.9 Å². The number of carbonyl (C=O) groups is 2. The van der Waals surface area contributed by atoms with Crippen LogP contribution < -0.4 is 5.32 Å². The minimum Gasteiger partial charge on any atom is -0.463 e. The molecule has 0 aliphatic rings. The van der Waals surface area contributed by atoms with Crippen molar-refractivity contribution in [3.8, 4) is 0 Å². The lowest BCUT2D eigenvalue weighted by atomic mass is 10.2. The second-order valence-electron chi connectivity index (χ2n) is 4.45. The van der Waals surface area contributed by atoms with Crippen LogP contribution in [0.5, 0.6) is 0 Å². The number of hydrogen-bond donors (Lipinski definition) is 1. The van der Waals surface area contributed by atoms with Gasteiger partial charge in [-0.25, -0.2) is 9.59 Å². The number of benzene rings is 1. The first-order valence-corrected chi connectivity index (χ1v) is 8.02. The lowest BCUT2D eigenvalue weighted by Crippen LogP contribution is -2.26. The van der Waals surface area contributed by atoms with Gasteiger partial charge in [0.25, 0.3) is 0 Å². The van der Waals surface area contributed by atoms with Crippen LogP contribution in [0.1, 0.15) is 19.4 Å². The molecule has 0 aliphatic carbocycles. The number of nitrogens with one attached hydrogen (secondary N) is 1. The van der Waals surface area contributed by atoms with Gasteiger partial charge in [0.15, 0.2) is 0 Å². The highest BCUT2D eigenvalue weighted by molar-refractivity contribution is 7.99. The van der Waals surface area contributed by atoms with E-state index < -0.39 is 12.1 Å². The molecule has 0 heterocycles. The molecule has 1 rings (SSSR count). The highest BCUT2D eigenvalue weighted by Gasteiger charge is 2.13. The zero-order valence-electron chi connectivity index (χ0n) is 12.8. The average molecular weight is 323 g/mol. The lowest BCUT2D eigenvalue weighted by molar-refractivity contribution is -0.138. The first-order valence-electron chi connectivity index (χ1n) is 6.97. The standard InChI is InChI=1S/C16H21NO4S/c1-4-20-15(18)12(2)11-22-13(3)21-16(19)17-10-14-8-6-5-7-9-14/h5-9,13H,2,4,10-11H2,1,3H3,(H,17,19). The van der Waals surface area contributed by atoms with Crippen LogP contribution in [-0.2, 0) is 20.8 Å². The zero-order chi connectivity index (χ0) is 16.4. The molecule has 0 bridgehead atoms. The monoisotopic (exact) mass is 323 g/mol. The number of esters is 1. The minimum absolute atomic E-state index is 0.316. The molecule has 0 spiro atoms. The number of thioether (sulfide) groups is 1. The highest BCUT2D eigenvalue weighted by atomic mass is 32.2. The molecule has 1 aromatic carbocycles. The van der Waals surface area contributed by atoms with Crippen molar-refractivity contribution in [2.24, 2.45) is 0 Å². The number of amides is 1. The van der Waals surface area contributed by atoms with Gasteiger partial charge in [0, 0.05) is 17.9 Å². The van der Waals surface area contributed by atoms with E-state index in [2.05, 4.69) is 11.9 Å². The Morgan fingerprint density at radius 3 is 2.64 bits per heavy atom. The molecule has 0 saturated carbocycles. The second-order valence-corrected chi connectivity index (χ2v) is 5.73. The Morgan fingerprint density at radius 2 is 2.00 bits per heavy atom. The topological polar surface area (TPSA) is 64.6 Å². The van der Waals surface area contributed by atoms with Gasteiger partial charge >= 0.3 is 12.1 Å². The predicted molar refractivity (Wildman–Crippen MR) is 87.5 cm³/mol. The van der Waals surface area contributed by atoms with E-state index in [1.807, 2.05) is 30.3 Å². The fraction of sp³-hybridized carbons (Fsp3) is 0.375. The quantitative estimate of drug-likeness (QED) is 0.452. The van der Waals surface area contributed by atoms with Crippen LogP contribution in [-0.4, -0.2) is 29.9 Å². The summed E-state index contributed by atoms with van der Waals surface area (Å²) in [6.45, 7) is 7.85. The third kappa shape index (κ3) is 7.17. The van der Waals surface area contributed by atoms with E-state index in [0.717, 1.165) is 5.56 Å². The number of alkyl carbamates (subject to hydrolysis) is 1. The Kier molecular flexibility index (Phi) is 8.14. The summed E-state index contributed by atoms with van der Waals surface area (Å²) in [7, 11) is 0. The Balaban J connectivity index is 2.23. The van der Waals surface area contributed by atoms with Crippen molar-refractivity contribution in [2.45, 2.75) is 25.8 Å². The molecule has 0 saturated heterocycles. The molecule has 1 unspecified atom stereocenters. The van der Waals surface area contributed by atoms with Crippen LogP contribution >= 0.6 is 11.8 Å². The summed E-state index contributed by atoms with van der Waals surface area (Å²) in [4.78, 5) is 23.0. The van der Waals surface area contributed by atoms with E-state index in [-0.39, 0.29) is 5.44 Å². The molecule has 1 aromatic rings. The largest absolute Gasteiger partial charge is 0.463 e. The van der Waals surface area contributed by atoms with Gasteiger partial charge in [-0.15, -0.1) is 11.8 Å². The summed E-state index contributed by atoms with van der Waals surface area (Å²) >= 11 is 1.31. The lowest BCUT2D eigenvalue weighted by Gasteiger charge is -2.14. The van der Waals surface area contributed by atoms with Crippen LogP contribution in [0, 0.1) is 0 Å². The minimum atomic E-state index is -0.495. The van der Waals surface area contributed by atoms with E-state index in [9.17, 15) is 9.59 Å². The summed E-state index contributed by atoms with van der Waals surface area (Å²) in [6, 6.07) is 9.56. The van der Waals surface area contributed by atoms with Crippen molar-refractivity contribution in [3.05, 3.63) is 48.0 Å². The van der Waals surface area contributed by atoms with Crippen LogP contribution in [0.4, 0.5) is 4.79 Å². The van der Waals surface area contributed by atoms with E-state index in [4.69, 9.17) is 9.47 Å². The van der Waals surface area contributed by atoms with Crippen LogP contribution in [0.15, 0.2) is 42.5 Å². The molecular weight excluding hydrogens is 302 g/mol. The summed E-state index contributed by atoms with van der Waals surface area (Å²) in [5, 5.41) is 2.67. The van der Waals surface area contributed by atoms with Crippen LogP contribution in [0.25, 0.3) is 0 Å². The molecule has 6 heteroatoms. The molecule has 5 nitrogen and oxygen atoms in total. The van der Waals surface area contributed by atoms with Gasteiger partial charge in [0.2, 0.25) is 0 Å². The summed E-state index contributed by atoms with van der Waals surface area (Å²) in [5.41, 5.74) is 0.962. The van der Waals surface area contributed by atoms with Gasteiger partial charge < -0.3 is 14.8 Å². The Hall–Kier alpha value is -1.95. The zero-order valence-corrected chi connectivity index (χ0v) is 13.7. The smallest absolute Gasteiger partial charge is 0.408 e. The molecule has 0 fully saturated rings. The molecule has 0 aliphatic heterocycles. The molecule has 1 atom stereocenters. The van der Waals surface area contributed by atoms with Gasteiger partial charge in [-0.05, 0) is 19.4 Å². The van der Waals surface area contributed by atoms with Crippen molar-refractivity contribution < 1.29 is 19.1 Å². The van der Waals surface area contributed by atoms with Crippen molar-refractivity contribution >= 4 is 23.8 Å². The molecular formula is C16H21NO4S. The fourth-order valence-electron chi connectivity index (χ4n) is 1.51. The van der Waals surface area contributed by atoms with Crippen molar-refractivity contribution in [3.63, 3.8) is 0 Å². The number of carbonyl (C=O) groups excluding carboxylic acids is 2. The van der Waals surface area contributed by atoms with Crippen LogP contribution in [0.3, 0.4) is 0 Å². The highest BCUT2D eigenvalue weighted by Crippen LogP contribution is 2.16. The van der Waals surface area contributed by atoms with Gasteiger partial charge in [0.05, 0.1) is 6.61 Å². The maximum absolute atomic E-state index is 11.6. The van der Waals surface area contributed by atoms with E-state index >= 15 is 0 Å². The van der Waals surface area contributed by atoms with Crippen molar-refractivity contribution in [2.75, 3.05) is 12.4 Å². The fourth-order valence-corrected chi connectivity index (χ4v) is 2.22. The maximum atomic E-state index is 11.6. The van der Waals surface area contributed by atoms with E-state index in [1.165, 1.54) is 11.8 Å². The van der Waals surface area contributed by atoms with Gasteiger partial charge in [0.1, 0.15) is 5.44 Å². The van der Waals surface area contributed by atoms with E-state index in [1.54, 1.807) is 13.8 Å². The van der Waals surface area contributed by atoms with Gasteiger partial charge in [-0.3, -0.25) is 0 Å². The summed E-state index contributed by atoms with van der Waals surface area (Å²) < 4.78 is 10.0. The molecule has 0 radical (unpaired) electrons. The number of rotatable bonds is 8. The summed E-state index contributed by atoms with van der Waals surface area (Å²) in [6.07, 6.45) is -0.495. The van der Waals surface area contributed by atoms with Crippen molar-refractivity contribution in [1.29, 1.82) is 0 Å². The van der Waals surface area contributed by atoms with E-state index in [0.29, 0.717) is 24.5 Å². The normalized spacial score (nSPS) is 11.4. The second kappa shape index (κ2) is 9.89. The Labute approximate surface area is 135 Å². The van der Waals surface area contributed by atoms with Gasteiger partial charge in [-0.2, -0.15) is 0 Å². The van der Waals surface area contributed by atoms with Crippen molar-refractivity contribution in [1.82, 2.24) is 5.32 Å². The first-order chi connectivity index (χ1) is 10.5. The number of ether oxygens (including phenoxy) is 2. The third-order valence-electron chi connectivity index (χ3n) is 2.61. The SMILES string of the molecule is C=C(CSC(C)OC(=O)NCc1ccccc1)C(=O)OCC. The Bertz CT molecular complexity index is 504. The third-order valence-corrected chi connectivity index (χ3v) is 3.69. The Morgan fingerprint density at radius 1 is 1.32 bits per heavy atom. The molecule has 1 N–H and O–H groups in total. The number of hydrogen-bond acceptors (Lipinski definition) is 5.